The Morgan fingerprint density at radius 2 is 1.96 bits per heavy atom. The number of aromatic nitrogens is 3. The molecule has 2 fully saturated rings. The number of rotatable bonds is 5. The van der Waals surface area contributed by atoms with Gasteiger partial charge < -0.3 is 4.90 Å². The van der Waals surface area contributed by atoms with Crippen LogP contribution in [0.3, 0.4) is 0 Å². The summed E-state index contributed by atoms with van der Waals surface area (Å²) in [6.07, 6.45) is 11.1. The molecule has 0 bridgehead atoms. The molecule has 0 radical (unpaired) electrons. The highest BCUT2D eigenvalue weighted by molar-refractivity contribution is 5.76. The topological polar surface area (TPSA) is 51.0 Å². The summed E-state index contributed by atoms with van der Waals surface area (Å²) >= 11 is 0. The van der Waals surface area contributed by atoms with Crippen molar-refractivity contribution >= 4 is 5.91 Å². The largest absolute Gasteiger partial charge is 0.343 e. The number of hydrogen-bond donors (Lipinski definition) is 0. The van der Waals surface area contributed by atoms with Gasteiger partial charge in [0, 0.05) is 31.6 Å². The van der Waals surface area contributed by atoms with Gasteiger partial charge in [0.2, 0.25) is 5.91 Å². The first kappa shape index (κ1) is 16.5. The predicted octanol–water partition coefficient (Wildman–Crippen LogP) is 3.54. The van der Waals surface area contributed by atoms with E-state index in [1.165, 1.54) is 31.4 Å². The summed E-state index contributed by atoms with van der Waals surface area (Å²) in [7, 11) is 0. The van der Waals surface area contributed by atoms with Crippen LogP contribution in [0.1, 0.15) is 82.9 Å². The molecule has 1 aromatic heterocycles. The van der Waals surface area contributed by atoms with Crippen LogP contribution in [0.4, 0.5) is 0 Å². The number of hydrogen-bond acceptors (Lipinski definition) is 3. The summed E-state index contributed by atoms with van der Waals surface area (Å²) in [5.74, 6) is 1.44. The van der Waals surface area contributed by atoms with E-state index in [-0.39, 0.29) is 0 Å². The zero-order valence-corrected chi connectivity index (χ0v) is 14.6. The SMILES string of the molecule is CCC(C)CC(=O)N1CCC(n2cc(C3CCCC3)nn2)CC1. The average Bonchev–Trinajstić information content (AvgIpc) is 3.25. The van der Waals surface area contributed by atoms with Gasteiger partial charge >= 0.3 is 0 Å². The summed E-state index contributed by atoms with van der Waals surface area (Å²) in [4.78, 5) is 14.3. The van der Waals surface area contributed by atoms with Crippen LogP contribution >= 0.6 is 0 Å². The molecule has 1 atom stereocenters. The maximum Gasteiger partial charge on any atom is 0.222 e. The number of carbonyl (C=O) groups is 1. The van der Waals surface area contributed by atoms with Gasteiger partial charge in [-0.15, -0.1) is 5.10 Å². The van der Waals surface area contributed by atoms with E-state index >= 15 is 0 Å². The minimum atomic E-state index is 0.322. The molecule has 2 aliphatic rings. The Bertz CT molecular complexity index is 513. The second-order valence-corrected chi connectivity index (χ2v) is 7.43. The number of piperidine rings is 1. The van der Waals surface area contributed by atoms with Crippen LogP contribution in [0.15, 0.2) is 6.20 Å². The van der Waals surface area contributed by atoms with Gasteiger partial charge in [-0.05, 0) is 31.6 Å². The lowest BCUT2D eigenvalue weighted by molar-refractivity contribution is -0.133. The average molecular weight is 318 g/mol. The normalized spacial score (nSPS) is 21.7. The van der Waals surface area contributed by atoms with E-state index in [1.54, 1.807) is 0 Å². The summed E-state index contributed by atoms with van der Waals surface area (Å²) < 4.78 is 2.06. The van der Waals surface area contributed by atoms with Crippen LogP contribution < -0.4 is 0 Å². The molecule has 1 aromatic rings. The van der Waals surface area contributed by atoms with Gasteiger partial charge in [0.25, 0.3) is 0 Å². The van der Waals surface area contributed by atoms with Gasteiger partial charge in [-0.3, -0.25) is 4.79 Å². The molecule has 1 aliphatic carbocycles. The molecule has 5 heteroatoms. The minimum absolute atomic E-state index is 0.322. The maximum absolute atomic E-state index is 12.3. The van der Waals surface area contributed by atoms with E-state index in [0.29, 0.717) is 30.2 Å². The Morgan fingerprint density at radius 1 is 1.26 bits per heavy atom. The smallest absolute Gasteiger partial charge is 0.222 e. The van der Waals surface area contributed by atoms with E-state index in [2.05, 4.69) is 35.0 Å². The van der Waals surface area contributed by atoms with Gasteiger partial charge in [0.15, 0.2) is 0 Å². The maximum atomic E-state index is 12.3. The van der Waals surface area contributed by atoms with Crippen molar-refractivity contribution in [3.8, 4) is 0 Å². The van der Waals surface area contributed by atoms with Crippen molar-refractivity contribution in [2.75, 3.05) is 13.1 Å². The highest BCUT2D eigenvalue weighted by Gasteiger charge is 2.26. The molecular formula is C18H30N4O. The van der Waals surface area contributed by atoms with Crippen molar-refractivity contribution in [3.63, 3.8) is 0 Å². The summed E-state index contributed by atoms with van der Waals surface area (Å²) in [5.41, 5.74) is 1.18. The summed E-state index contributed by atoms with van der Waals surface area (Å²) in [6.45, 7) is 6.03. The van der Waals surface area contributed by atoms with E-state index in [4.69, 9.17) is 0 Å². The molecule has 0 aromatic carbocycles. The van der Waals surface area contributed by atoms with Gasteiger partial charge in [0.1, 0.15) is 0 Å². The zero-order chi connectivity index (χ0) is 16.2. The molecule has 1 amide bonds. The zero-order valence-electron chi connectivity index (χ0n) is 14.6. The highest BCUT2D eigenvalue weighted by Crippen LogP contribution is 2.33. The van der Waals surface area contributed by atoms with Gasteiger partial charge in [-0.25, -0.2) is 4.68 Å². The summed E-state index contributed by atoms with van der Waals surface area (Å²) in [5, 5.41) is 8.79. The Labute approximate surface area is 139 Å². The number of likely N-dealkylation sites (tertiary alicyclic amines) is 1. The van der Waals surface area contributed by atoms with Crippen LogP contribution in [0, 0.1) is 5.92 Å². The highest BCUT2D eigenvalue weighted by atomic mass is 16.2. The van der Waals surface area contributed by atoms with Crippen molar-refractivity contribution in [2.45, 2.75) is 77.2 Å². The molecule has 3 rings (SSSR count). The lowest BCUT2D eigenvalue weighted by Gasteiger charge is -2.32. The van der Waals surface area contributed by atoms with E-state index in [0.717, 1.165) is 32.4 Å². The van der Waals surface area contributed by atoms with Crippen LogP contribution in [-0.4, -0.2) is 38.9 Å². The lowest BCUT2D eigenvalue weighted by atomic mass is 10.0. The predicted molar refractivity (Wildman–Crippen MR) is 90.2 cm³/mol. The van der Waals surface area contributed by atoms with Gasteiger partial charge in [0.05, 0.1) is 11.7 Å². The van der Waals surface area contributed by atoms with Crippen molar-refractivity contribution in [2.24, 2.45) is 5.92 Å². The first-order chi connectivity index (χ1) is 11.2. The number of nitrogens with zero attached hydrogens (tertiary/aromatic N) is 4. The molecule has 1 saturated heterocycles. The van der Waals surface area contributed by atoms with E-state index < -0.39 is 0 Å². The third-order valence-electron chi connectivity index (χ3n) is 5.71. The Morgan fingerprint density at radius 3 is 2.61 bits per heavy atom. The Balaban J connectivity index is 1.51. The van der Waals surface area contributed by atoms with E-state index in [9.17, 15) is 4.79 Å². The molecule has 5 nitrogen and oxygen atoms in total. The molecule has 2 heterocycles. The van der Waals surface area contributed by atoms with Crippen molar-refractivity contribution in [1.29, 1.82) is 0 Å². The Kier molecular flexibility index (Phi) is 5.34. The van der Waals surface area contributed by atoms with Crippen LogP contribution in [-0.2, 0) is 4.79 Å². The number of amides is 1. The third-order valence-corrected chi connectivity index (χ3v) is 5.71. The van der Waals surface area contributed by atoms with Crippen LogP contribution in [0.25, 0.3) is 0 Å². The van der Waals surface area contributed by atoms with E-state index in [1.807, 2.05) is 4.90 Å². The lowest BCUT2D eigenvalue weighted by Crippen LogP contribution is -2.39. The molecular weight excluding hydrogens is 288 g/mol. The quantitative estimate of drug-likeness (QED) is 0.834. The van der Waals surface area contributed by atoms with Crippen molar-refractivity contribution < 1.29 is 4.79 Å². The fourth-order valence-electron chi connectivity index (χ4n) is 3.83. The molecule has 23 heavy (non-hydrogen) atoms. The third kappa shape index (κ3) is 3.93. The first-order valence-corrected chi connectivity index (χ1v) is 9.37. The van der Waals surface area contributed by atoms with Crippen molar-refractivity contribution in [1.82, 2.24) is 19.9 Å². The monoisotopic (exact) mass is 318 g/mol. The molecule has 128 valence electrons. The minimum Gasteiger partial charge on any atom is -0.343 e. The van der Waals surface area contributed by atoms with Gasteiger partial charge in [-0.1, -0.05) is 38.3 Å². The molecule has 0 N–H and O–H groups in total. The second kappa shape index (κ2) is 7.45. The fourth-order valence-corrected chi connectivity index (χ4v) is 3.83. The van der Waals surface area contributed by atoms with Crippen LogP contribution in [0.5, 0.6) is 0 Å². The fraction of sp³-hybridized carbons (Fsp3) is 0.833. The molecule has 1 unspecified atom stereocenters. The first-order valence-electron chi connectivity index (χ1n) is 9.37. The van der Waals surface area contributed by atoms with Crippen LogP contribution in [0.2, 0.25) is 0 Å². The second-order valence-electron chi connectivity index (χ2n) is 7.43. The summed E-state index contributed by atoms with van der Waals surface area (Å²) in [6, 6.07) is 0.408. The van der Waals surface area contributed by atoms with Gasteiger partial charge in [-0.2, -0.15) is 0 Å². The molecule has 1 saturated carbocycles. The molecule has 1 aliphatic heterocycles. The Hall–Kier alpha value is -1.39. The molecule has 0 spiro atoms. The standard InChI is InChI=1S/C18H30N4O/c1-3-14(2)12-18(23)21-10-8-16(9-11-21)22-13-17(19-20-22)15-6-4-5-7-15/h13-16H,3-12H2,1-2H3. The van der Waals surface area contributed by atoms with Crippen molar-refractivity contribution in [3.05, 3.63) is 11.9 Å². The number of carbonyl (C=O) groups excluding carboxylic acids is 1.